The zero-order chi connectivity index (χ0) is 17.7. The molecular weight excluding hydrogens is 312 g/mol. The SMILES string of the molecule is CC(C)(C)OC(=O)N1CCNCC1C(=O)OC(=O)c1ccccc1. The van der Waals surface area contributed by atoms with Gasteiger partial charge in [0.15, 0.2) is 0 Å². The van der Waals surface area contributed by atoms with Crippen molar-refractivity contribution in [3.05, 3.63) is 35.9 Å². The van der Waals surface area contributed by atoms with Gasteiger partial charge in [-0.15, -0.1) is 0 Å². The van der Waals surface area contributed by atoms with Gasteiger partial charge in [-0.05, 0) is 32.9 Å². The molecule has 1 heterocycles. The average molecular weight is 334 g/mol. The first-order valence-electron chi connectivity index (χ1n) is 7.79. The second-order valence-electron chi connectivity index (χ2n) is 6.47. The molecule has 0 bridgehead atoms. The zero-order valence-corrected chi connectivity index (χ0v) is 14.1. The highest BCUT2D eigenvalue weighted by Gasteiger charge is 2.36. The number of hydrogen-bond acceptors (Lipinski definition) is 6. The molecule has 0 spiro atoms. The maximum atomic E-state index is 12.3. The number of esters is 2. The summed E-state index contributed by atoms with van der Waals surface area (Å²) in [6.07, 6.45) is -0.599. The molecule has 2 rings (SSSR count). The maximum Gasteiger partial charge on any atom is 0.411 e. The van der Waals surface area contributed by atoms with Crippen molar-refractivity contribution in [3.8, 4) is 0 Å². The van der Waals surface area contributed by atoms with Crippen LogP contribution >= 0.6 is 0 Å². The fourth-order valence-electron chi connectivity index (χ4n) is 2.25. The van der Waals surface area contributed by atoms with Gasteiger partial charge in [0.2, 0.25) is 0 Å². The van der Waals surface area contributed by atoms with Crippen LogP contribution < -0.4 is 5.32 Å². The molecule has 1 fully saturated rings. The highest BCUT2D eigenvalue weighted by molar-refractivity contribution is 5.98. The van der Waals surface area contributed by atoms with Crippen molar-refractivity contribution in [1.29, 1.82) is 0 Å². The second kappa shape index (κ2) is 7.44. The molecule has 1 unspecified atom stereocenters. The summed E-state index contributed by atoms with van der Waals surface area (Å²) in [5, 5.41) is 3.01. The average Bonchev–Trinajstić information content (AvgIpc) is 2.54. The first-order chi connectivity index (χ1) is 11.3. The van der Waals surface area contributed by atoms with E-state index < -0.39 is 29.7 Å². The lowest BCUT2D eigenvalue weighted by atomic mass is 10.2. The van der Waals surface area contributed by atoms with Gasteiger partial charge >= 0.3 is 18.0 Å². The molecule has 0 saturated carbocycles. The molecule has 7 heteroatoms. The number of piperazine rings is 1. The van der Waals surface area contributed by atoms with Crippen LogP contribution in [-0.2, 0) is 14.3 Å². The molecule has 1 amide bonds. The molecule has 1 N–H and O–H groups in total. The Hall–Kier alpha value is -2.41. The van der Waals surface area contributed by atoms with Gasteiger partial charge in [-0.1, -0.05) is 18.2 Å². The minimum Gasteiger partial charge on any atom is -0.444 e. The normalized spacial score (nSPS) is 18.0. The van der Waals surface area contributed by atoms with E-state index in [2.05, 4.69) is 5.32 Å². The van der Waals surface area contributed by atoms with Crippen molar-refractivity contribution in [2.24, 2.45) is 0 Å². The Kier molecular flexibility index (Phi) is 5.56. The summed E-state index contributed by atoms with van der Waals surface area (Å²) in [6, 6.07) is 7.32. The maximum absolute atomic E-state index is 12.3. The van der Waals surface area contributed by atoms with Crippen LogP contribution in [0.4, 0.5) is 4.79 Å². The molecule has 130 valence electrons. The van der Waals surface area contributed by atoms with Crippen molar-refractivity contribution >= 4 is 18.0 Å². The van der Waals surface area contributed by atoms with Crippen LogP contribution in [0.2, 0.25) is 0 Å². The van der Waals surface area contributed by atoms with Crippen molar-refractivity contribution in [2.45, 2.75) is 32.4 Å². The number of nitrogens with one attached hydrogen (secondary N) is 1. The van der Waals surface area contributed by atoms with E-state index in [4.69, 9.17) is 9.47 Å². The van der Waals surface area contributed by atoms with Crippen LogP contribution in [0.3, 0.4) is 0 Å². The van der Waals surface area contributed by atoms with Crippen molar-refractivity contribution in [1.82, 2.24) is 10.2 Å². The number of carbonyl (C=O) groups excluding carboxylic acids is 3. The van der Waals surface area contributed by atoms with Crippen LogP contribution in [0.1, 0.15) is 31.1 Å². The summed E-state index contributed by atoms with van der Waals surface area (Å²) in [4.78, 5) is 37.9. The molecule has 1 saturated heterocycles. The summed E-state index contributed by atoms with van der Waals surface area (Å²) in [5.41, 5.74) is -0.394. The number of ether oxygens (including phenoxy) is 2. The van der Waals surface area contributed by atoms with E-state index in [9.17, 15) is 14.4 Å². The van der Waals surface area contributed by atoms with Crippen molar-refractivity contribution in [3.63, 3.8) is 0 Å². The van der Waals surface area contributed by atoms with Gasteiger partial charge in [0.25, 0.3) is 0 Å². The lowest BCUT2D eigenvalue weighted by Crippen LogP contribution is -2.58. The number of amides is 1. The van der Waals surface area contributed by atoms with Crippen LogP contribution in [0, 0.1) is 0 Å². The summed E-state index contributed by atoms with van der Waals surface area (Å²) in [5.74, 6) is -1.52. The Morgan fingerprint density at radius 2 is 1.83 bits per heavy atom. The molecule has 1 aliphatic rings. The molecule has 7 nitrogen and oxygen atoms in total. The van der Waals surface area contributed by atoms with Crippen molar-refractivity contribution in [2.75, 3.05) is 19.6 Å². The Labute approximate surface area is 140 Å². The van der Waals surface area contributed by atoms with E-state index >= 15 is 0 Å². The zero-order valence-electron chi connectivity index (χ0n) is 14.1. The van der Waals surface area contributed by atoms with Crippen LogP contribution in [0.25, 0.3) is 0 Å². The Balaban J connectivity index is 2.05. The Bertz CT molecular complexity index is 609. The molecule has 1 aromatic carbocycles. The number of carbonyl (C=O) groups is 3. The van der Waals surface area contributed by atoms with Gasteiger partial charge in [0.1, 0.15) is 11.6 Å². The minimum atomic E-state index is -0.902. The first kappa shape index (κ1) is 17.9. The summed E-state index contributed by atoms with van der Waals surface area (Å²) >= 11 is 0. The predicted octanol–water partition coefficient (Wildman–Crippen LogP) is 1.58. The number of benzene rings is 1. The minimum absolute atomic E-state index is 0.208. The molecule has 0 aromatic heterocycles. The Morgan fingerprint density at radius 3 is 2.46 bits per heavy atom. The van der Waals surface area contributed by atoms with Gasteiger partial charge in [-0.2, -0.15) is 0 Å². The fourth-order valence-corrected chi connectivity index (χ4v) is 2.25. The van der Waals surface area contributed by atoms with E-state index in [1.807, 2.05) is 0 Å². The molecule has 0 radical (unpaired) electrons. The summed E-state index contributed by atoms with van der Waals surface area (Å²) in [7, 11) is 0. The molecule has 24 heavy (non-hydrogen) atoms. The topological polar surface area (TPSA) is 84.9 Å². The molecular formula is C17H22N2O5. The smallest absolute Gasteiger partial charge is 0.411 e. The lowest BCUT2D eigenvalue weighted by Gasteiger charge is -2.35. The van der Waals surface area contributed by atoms with Gasteiger partial charge in [-0.25, -0.2) is 14.4 Å². The number of nitrogens with zero attached hydrogens (tertiary/aromatic N) is 1. The molecule has 1 aromatic rings. The molecule has 0 aliphatic carbocycles. The van der Waals surface area contributed by atoms with Crippen LogP contribution in [0.5, 0.6) is 0 Å². The molecule has 1 aliphatic heterocycles. The largest absolute Gasteiger partial charge is 0.444 e. The Morgan fingerprint density at radius 1 is 1.17 bits per heavy atom. The highest BCUT2D eigenvalue weighted by Crippen LogP contribution is 2.14. The van der Waals surface area contributed by atoms with Crippen LogP contribution in [-0.4, -0.2) is 54.2 Å². The second-order valence-corrected chi connectivity index (χ2v) is 6.47. The summed E-state index contributed by atoms with van der Waals surface area (Å²) in [6.45, 7) is 6.29. The van der Waals surface area contributed by atoms with Gasteiger partial charge in [0, 0.05) is 19.6 Å². The third-order valence-electron chi connectivity index (χ3n) is 3.35. The molecule has 1 atom stereocenters. The van der Waals surface area contributed by atoms with E-state index in [1.165, 1.54) is 4.90 Å². The third-order valence-corrected chi connectivity index (χ3v) is 3.35. The van der Waals surface area contributed by atoms with E-state index in [-0.39, 0.29) is 12.1 Å². The van der Waals surface area contributed by atoms with E-state index in [0.29, 0.717) is 13.1 Å². The van der Waals surface area contributed by atoms with Crippen molar-refractivity contribution < 1.29 is 23.9 Å². The third kappa shape index (κ3) is 4.79. The highest BCUT2D eigenvalue weighted by atomic mass is 16.6. The van der Waals surface area contributed by atoms with E-state index in [0.717, 1.165) is 0 Å². The van der Waals surface area contributed by atoms with Gasteiger partial charge < -0.3 is 14.8 Å². The summed E-state index contributed by atoms with van der Waals surface area (Å²) < 4.78 is 10.2. The van der Waals surface area contributed by atoms with Crippen LogP contribution in [0.15, 0.2) is 30.3 Å². The monoisotopic (exact) mass is 334 g/mol. The fraction of sp³-hybridized carbons (Fsp3) is 0.471. The predicted molar refractivity (Wildman–Crippen MR) is 86.5 cm³/mol. The standard InChI is InChI=1S/C17H22N2O5/c1-17(2,3)24-16(22)19-10-9-18-11-13(19)15(21)23-14(20)12-7-5-4-6-8-12/h4-8,13,18H,9-11H2,1-3H3. The number of rotatable bonds is 2. The van der Waals surface area contributed by atoms with Gasteiger partial charge in [-0.3, -0.25) is 4.90 Å². The van der Waals surface area contributed by atoms with E-state index in [1.54, 1.807) is 51.1 Å². The van der Waals surface area contributed by atoms with Gasteiger partial charge in [0.05, 0.1) is 5.56 Å². The quantitative estimate of drug-likeness (QED) is 0.653. The lowest BCUT2D eigenvalue weighted by molar-refractivity contribution is -0.144. The number of hydrogen-bond donors (Lipinski definition) is 1. The first-order valence-corrected chi connectivity index (χ1v) is 7.79.